The second-order valence-electron chi connectivity index (χ2n) is 8.85. The molecular formula is C24H29N5O2S. The third-order valence-electron chi connectivity index (χ3n) is 6.86. The number of ether oxygens (including phenoxy) is 1. The first-order valence-electron chi connectivity index (χ1n) is 11.7. The van der Waals surface area contributed by atoms with Gasteiger partial charge in [0.15, 0.2) is 0 Å². The SMILES string of the molecule is Oc1ccccc1N1CCN(c2nc(CN3CCOCC3)nc3sc4c(c23)CCC4)CC1. The number of anilines is 2. The summed E-state index contributed by atoms with van der Waals surface area (Å²) in [5, 5.41) is 11.6. The predicted molar refractivity (Wildman–Crippen MR) is 128 cm³/mol. The van der Waals surface area contributed by atoms with Crippen molar-refractivity contribution >= 4 is 33.1 Å². The summed E-state index contributed by atoms with van der Waals surface area (Å²) in [5.74, 6) is 2.40. The highest BCUT2D eigenvalue weighted by Gasteiger charge is 2.28. The molecule has 3 aliphatic rings. The number of nitrogens with zero attached hydrogens (tertiary/aromatic N) is 5. The van der Waals surface area contributed by atoms with Crippen LogP contribution in [0.4, 0.5) is 11.5 Å². The quantitative estimate of drug-likeness (QED) is 0.654. The van der Waals surface area contributed by atoms with Crippen molar-refractivity contribution < 1.29 is 9.84 Å². The van der Waals surface area contributed by atoms with Gasteiger partial charge in [-0.25, -0.2) is 9.97 Å². The highest BCUT2D eigenvalue weighted by molar-refractivity contribution is 7.19. The van der Waals surface area contributed by atoms with Crippen LogP contribution in [0.5, 0.6) is 5.75 Å². The second-order valence-corrected chi connectivity index (χ2v) is 9.94. The Morgan fingerprint density at radius 1 is 0.938 bits per heavy atom. The maximum Gasteiger partial charge on any atom is 0.146 e. The molecule has 2 aromatic heterocycles. The summed E-state index contributed by atoms with van der Waals surface area (Å²) in [6.45, 7) is 7.76. The molecule has 0 radical (unpaired) electrons. The molecule has 4 heterocycles. The number of fused-ring (bicyclic) bond motifs is 3. The number of phenolic OH excluding ortho intramolecular Hbond substituents is 1. The minimum atomic E-state index is 0.355. The lowest BCUT2D eigenvalue weighted by molar-refractivity contribution is 0.0331. The van der Waals surface area contributed by atoms with Gasteiger partial charge in [0.05, 0.1) is 30.8 Å². The van der Waals surface area contributed by atoms with Crippen molar-refractivity contribution in [3.05, 3.63) is 40.5 Å². The fourth-order valence-electron chi connectivity index (χ4n) is 5.17. The number of hydrogen-bond donors (Lipinski definition) is 1. The van der Waals surface area contributed by atoms with E-state index in [0.29, 0.717) is 5.75 Å². The number of rotatable bonds is 4. The first-order chi connectivity index (χ1) is 15.8. The molecule has 168 valence electrons. The van der Waals surface area contributed by atoms with E-state index in [1.165, 1.54) is 28.7 Å². The zero-order chi connectivity index (χ0) is 21.5. The van der Waals surface area contributed by atoms with Crippen molar-refractivity contribution in [3.63, 3.8) is 0 Å². The van der Waals surface area contributed by atoms with Gasteiger partial charge in [-0.3, -0.25) is 4.90 Å². The molecule has 0 unspecified atom stereocenters. The van der Waals surface area contributed by atoms with Crippen LogP contribution < -0.4 is 9.80 Å². The predicted octanol–water partition coefficient (Wildman–Crippen LogP) is 3.04. The highest BCUT2D eigenvalue weighted by atomic mass is 32.1. The van der Waals surface area contributed by atoms with Gasteiger partial charge in [-0.05, 0) is 37.0 Å². The van der Waals surface area contributed by atoms with Gasteiger partial charge in [0.25, 0.3) is 0 Å². The van der Waals surface area contributed by atoms with Crippen LogP contribution in [0.1, 0.15) is 22.7 Å². The zero-order valence-corrected chi connectivity index (χ0v) is 19.1. The molecule has 0 atom stereocenters. The molecule has 0 bridgehead atoms. The average molecular weight is 452 g/mol. The smallest absolute Gasteiger partial charge is 0.146 e. The van der Waals surface area contributed by atoms with Crippen LogP contribution in [0, 0.1) is 0 Å². The van der Waals surface area contributed by atoms with Crippen LogP contribution in [-0.4, -0.2) is 72.5 Å². The van der Waals surface area contributed by atoms with Crippen molar-refractivity contribution in [2.75, 3.05) is 62.3 Å². The molecule has 2 fully saturated rings. The van der Waals surface area contributed by atoms with E-state index in [1.807, 2.05) is 29.5 Å². The Hall–Kier alpha value is -2.42. The number of phenols is 1. The summed E-state index contributed by atoms with van der Waals surface area (Å²) >= 11 is 1.88. The number of morpholine rings is 1. The van der Waals surface area contributed by atoms with Gasteiger partial charge in [-0.1, -0.05) is 12.1 Å². The van der Waals surface area contributed by atoms with Gasteiger partial charge in [0.2, 0.25) is 0 Å². The van der Waals surface area contributed by atoms with Gasteiger partial charge in [-0.15, -0.1) is 11.3 Å². The summed E-state index contributed by atoms with van der Waals surface area (Å²) in [5.41, 5.74) is 2.41. The molecule has 2 aliphatic heterocycles. The van der Waals surface area contributed by atoms with Crippen LogP contribution in [0.2, 0.25) is 0 Å². The van der Waals surface area contributed by atoms with Crippen LogP contribution in [0.3, 0.4) is 0 Å². The van der Waals surface area contributed by atoms with E-state index in [4.69, 9.17) is 14.7 Å². The Morgan fingerprint density at radius 3 is 2.53 bits per heavy atom. The number of para-hydroxylation sites is 2. The Morgan fingerprint density at radius 2 is 1.72 bits per heavy atom. The van der Waals surface area contributed by atoms with Gasteiger partial charge in [-0.2, -0.15) is 0 Å². The average Bonchev–Trinajstić information content (AvgIpc) is 3.41. The van der Waals surface area contributed by atoms with Crippen LogP contribution >= 0.6 is 11.3 Å². The molecule has 2 saturated heterocycles. The summed E-state index contributed by atoms with van der Waals surface area (Å²) in [6.07, 6.45) is 3.56. The Kier molecular flexibility index (Phi) is 5.37. The van der Waals surface area contributed by atoms with E-state index < -0.39 is 0 Å². The Labute approximate surface area is 192 Å². The fourth-order valence-corrected chi connectivity index (χ4v) is 6.44. The topological polar surface area (TPSA) is 65.0 Å². The molecular weight excluding hydrogens is 422 g/mol. The van der Waals surface area contributed by atoms with Gasteiger partial charge < -0.3 is 19.6 Å². The molecule has 8 heteroatoms. The minimum Gasteiger partial charge on any atom is -0.506 e. The van der Waals surface area contributed by atoms with Crippen molar-refractivity contribution in [3.8, 4) is 5.75 Å². The lowest BCUT2D eigenvalue weighted by Gasteiger charge is -2.37. The number of hydrogen-bond acceptors (Lipinski definition) is 8. The first-order valence-corrected chi connectivity index (χ1v) is 12.5. The number of piperazine rings is 1. The molecule has 1 aromatic carbocycles. The van der Waals surface area contributed by atoms with E-state index in [2.05, 4.69) is 14.7 Å². The third-order valence-corrected chi connectivity index (χ3v) is 8.05. The molecule has 7 nitrogen and oxygen atoms in total. The number of aromatic nitrogens is 2. The zero-order valence-electron chi connectivity index (χ0n) is 18.3. The van der Waals surface area contributed by atoms with E-state index in [1.54, 1.807) is 6.07 Å². The van der Waals surface area contributed by atoms with Gasteiger partial charge in [0.1, 0.15) is 22.2 Å². The van der Waals surface area contributed by atoms with Crippen LogP contribution in [0.25, 0.3) is 10.2 Å². The van der Waals surface area contributed by atoms with E-state index >= 15 is 0 Å². The minimum absolute atomic E-state index is 0.355. The van der Waals surface area contributed by atoms with Crippen molar-refractivity contribution in [2.45, 2.75) is 25.8 Å². The lowest BCUT2D eigenvalue weighted by Crippen LogP contribution is -2.47. The highest BCUT2D eigenvalue weighted by Crippen LogP contribution is 2.41. The number of aromatic hydroxyl groups is 1. The number of thiophene rings is 1. The van der Waals surface area contributed by atoms with Crippen molar-refractivity contribution in [2.24, 2.45) is 0 Å². The molecule has 0 spiro atoms. The van der Waals surface area contributed by atoms with Crippen molar-refractivity contribution in [1.29, 1.82) is 0 Å². The van der Waals surface area contributed by atoms with E-state index in [-0.39, 0.29) is 0 Å². The molecule has 1 N–H and O–H groups in total. The summed E-state index contributed by atoms with van der Waals surface area (Å²) < 4.78 is 5.51. The monoisotopic (exact) mass is 451 g/mol. The third kappa shape index (κ3) is 3.70. The Balaban J connectivity index is 1.30. The van der Waals surface area contributed by atoms with Crippen molar-refractivity contribution in [1.82, 2.24) is 14.9 Å². The molecule has 3 aromatic rings. The summed E-state index contributed by atoms with van der Waals surface area (Å²) in [4.78, 5) is 19.9. The summed E-state index contributed by atoms with van der Waals surface area (Å²) in [6, 6.07) is 7.63. The standard InChI is InChI=1S/C24H29N5O2S/c30-19-6-2-1-5-18(19)28-8-10-29(11-9-28)23-22-17-4-3-7-20(17)32-24(22)26-21(25-23)16-27-12-14-31-15-13-27/h1-2,5-6,30H,3-4,7-16H2. The van der Waals surface area contributed by atoms with Gasteiger partial charge >= 0.3 is 0 Å². The fraction of sp³-hybridized carbons (Fsp3) is 0.500. The molecule has 6 rings (SSSR count). The van der Waals surface area contributed by atoms with Crippen LogP contribution in [-0.2, 0) is 24.1 Å². The van der Waals surface area contributed by atoms with Gasteiger partial charge in [0, 0.05) is 44.1 Å². The largest absolute Gasteiger partial charge is 0.506 e. The second kappa shape index (κ2) is 8.50. The molecule has 32 heavy (non-hydrogen) atoms. The van der Waals surface area contributed by atoms with E-state index in [0.717, 1.165) is 87.6 Å². The maximum absolute atomic E-state index is 10.3. The molecule has 1 aliphatic carbocycles. The van der Waals surface area contributed by atoms with E-state index in [9.17, 15) is 5.11 Å². The number of aryl methyl sites for hydroxylation is 2. The number of benzene rings is 1. The maximum atomic E-state index is 10.3. The normalized spacial score (nSPS) is 19.6. The molecule has 0 saturated carbocycles. The Bertz CT molecular complexity index is 1120. The van der Waals surface area contributed by atoms with Crippen LogP contribution in [0.15, 0.2) is 24.3 Å². The lowest BCUT2D eigenvalue weighted by atomic mass is 10.1. The molecule has 0 amide bonds. The first kappa shape index (κ1) is 20.2. The summed E-state index contributed by atoms with van der Waals surface area (Å²) in [7, 11) is 0.